The SMILES string of the molecule is CC(C)CN1CCOC(CNC(=O)COCc2nc3ccccc3s2)C1. The number of nitrogens with one attached hydrogen (secondary N) is 1. The quantitative estimate of drug-likeness (QED) is 0.765. The molecule has 2 aromatic rings. The summed E-state index contributed by atoms with van der Waals surface area (Å²) in [5, 5.41) is 3.79. The maximum Gasteiger partial charge on any atom is 0.246 e. The third kappa shape index (κ3) is 5.74. The zero-order chi connectivity index (χ0) is 18.4. The van der Waals surface area contributed by atoms with E-state index < -0.39 is 0 Å². The Kier molecular flexibility index (Phi) is 6.96. The number of carbonyl (C=O) groups excluding carboxylic acids is 1. The van der Waals surface area contributed by atoms with Crippen LogP contribution >= 0.6 is 11.3 Å². The van der Waals surface area contributed by atoms with Gasteiger partial charge in [0.15, 0.2) is 0 Å². The van der Waals surface area contributed by atoms with Crippen LogP contribution in [0.4, 0.5) is 0 Å². The number of benzene rings is 1. The van der Waals surface area contributed by atoms with Crippen molar-refractivity contribution in [1.29, 1.82) is 0 Å². The van der Waals surface area contributed by atoms with E-state index in [1.165, 1.54) is 0 Å². The van der Waals surface area contributed by atoms with E-state index in [0.29, 0.717) is 19.1 Å². The van der Waals surface area contributed by atoms with Crippen molar-refractivity contribution >= 4 is 27.5 Å². The summed E-state index contributed by atoms with van der Waals surface area (Å²) in [7, 11) is 0. The summed E-state index contributed by atoms with van der Waals surface area (Å²) in [5.74, 6) is 0.523. The van der Waals surface area contributed by atoms with Gasteiger partial charge in [0.2, 0.25) is 5.91 Å². The third-order valence-corrected chi connectivity index (χ3v) is 5.18. The van der Waals surface area contributed by atoms with Crippen molar-refractivity contribution < 1.29 is 14.3 Å². The molecule has 142 valence electrons. The summed E-state index contributed by atoms with van der Waals surface area (Å²) in [4.78, 5) is 18.9. The lowest BCUT2D eigenvalue weighted by Gasteiger charge is -2.33. The molecule has 26 heavy (non-hydrogen) atoms. The standard InChI is InChI=1S/C19H27N3O3S/c1-14(2)10-22-7-8-25-15(11-22)9-20-18(23)12-24-13-19-21-16-5-3-4-6-17(16)26-19/h3-6,14-15H,7-13H2,1-2H3,(H,20,23). The molecule has 1 amide bonds. The van der Waals surface area contributed by atoms with Crippen molar-refractivity contribution in [3.8, 4) is 0 Å². The van der Waals surface area contributed by atoms with Crippen LogP contribution in [0.25, 0.3) is 10.2 Å². The van der Waals surface area contributed by atoms with Crippen molar-refractivity contribution in [2.75, 3.05) is 39.4 Å². The maximum atomic E-state index is 12.0. The Hall–Kier alpha value is -1.54. The van der Waals surface area contributed by atoms with Crippen molar-refractivity contribution in [3.63, 3.8) is 0 Å². The fourth-order valence-corrected chi connectivity index (χ4v) is 3.98. The van der Waals surface area contributed by atoms with E-state index in [0.717, 1.165) is 41.5 Å². The molecule has 1 unspecified atom stereocenters. The average molecular weight is 378 g/mol. The molecule has 0 spiro atoms. The second kappa shape index (κ2) is 9.41. The number of morpholine rings is 1. The van der Waals surface area contributed by atoms with E-state index in [9.17, 15) is 4.79 Å². The molecule has 1 fully saturated rings. The van der Waals surface area contributed by atoms with Crippen LogP contribution in [-0.2, 0) is 20.9 Å². The maximum absolute atomic E-state index is 12.0. The smallest absolute Gasteiger partial charge is 0.246 e. The van der Waals surface area contributed by atoms with Crippen LogP contribution in [-0.4, -0.2) is 61.3 Å². The number of ether oxygens (including phenoxy) is 2. The number of hydrogen-bond donors (Lipinski definition) is 1. The Morgan fingerprint density at radius 2 is 2.31 bits per heavy atom. The molecule has 1 N–H and O–H groups in total. The minimum Gasteiger partial charge on any atom is -0.374 e. The summed E-state index contributed by atoms with van der Waals surface area (Å²) in [6.07, 6.45) is 0.0516. The molecule has 3 rings (SSSR count). The van der Waals surface area contributed by atoms with Gasteiger partial charge in [-0.2, -0.15) is 0 Å². The van der Waals surface area contributed by atoms with Crippen LogP contribution in [0, 0.1) is 5.92 Å². The van der Waals surface area contributed by atoms with Gasteiger partial charge in [0.25, 0.3) is 0 Å². The first kappa shape index (κ1) is 19.2. The largest absolute Gasteiger partial charge is 0.374 e. The molecule has 1 aliphatic heterocycles. The number of rotatable bonds is 8. The molecule has 0 bridgehead atoms. The lowest BCUT2D eigenvalue weighted by molar-refractivity contribution is -0.127. The number of thiazole rings is 1. The number of fused-ring (bicyclic) bond motifs is 1. The van der Waals surface area contributed by atoms with Crippen molar-refractivity contribution in [2.24, 2.45) is 5.92 Å². The van der Waals surface area contributed by atoms with Gasteiger partial charge in [0, 0.05) is 26.2 Å². The second-order valence-corrected chi connectivity index (χ2v) is 8.13. The van der Waals surface area contributed by atoms with Gasteiger partial charge in [-0.25, -0.2) is 4.98 Å². The van der Waals surface area contributed by atoms with Crippen molar-refractivity contribution in [1.82, 2.24) is 15.2 Å². The van der Waals surface area contributed by atoms with Gasteiger partial charge < -0.3 is 14.8 Å². The first-order valence-corrected chi connectivity index (χ1v) is 9.94. The highest BCUT2D eigenvalue weighted by Crippen LogP contribution is 2.21. The molecular formula is C19H27N3O3S. The van der Waals surface area contributed by atoms with Crippen LogP contribution in [0.5, 0.6) is 0 Å². The van der Waals surface area contributed by atoms with Gasteiger partial charge in [0.1, 0.15) is 11.6 Å². The number of carbonyl (C=O) groups is 1. The summed E-state index contributed by atoms with van der Waals surface area (Å²) in [6.45, 7) is 8.98. The van der Waals surface area contributed by atoms with Gasteiger partial charge >= 0.3 is 0 Å². The van der Waals surface area contributed by atoms with E-state index in [-0.39, 0.29) is 18.6 Å². The molecule has 0 radical (unpaired) electrons. The summed E-state index contributed by atoms with van der Waals surface area (Å²) in [5.41, 5.74) is 0.973. The lowest BCUT2D eigenvalue weighted by atomic mass is 10.2. The van der Waals surface area contributed by atoms with Crippen LogP contribution in [0.2, 0.25) is 0 Å². The molecule has 0 saturated carbocycles. The number of amides is 1. The molecular weight excluding hydrogens is 350 g/mol. The molecule has 6 nitrogen and oxygen atoms in total. The van der Waals surface area contributed by atoms with Gasteiger partial charge in [0.05, 0.1) is 29.5 Å². The minimum atomic E-state index is -0.115. The Morgan fingerprint density at radius 1 is 1.46 bits per heavy atom. The van der Waals surface area contributed by atoms with Crippen LogP contribution < -0.4 is 5.32 Å². The van der Waals surface area contributed by atoms with E-state index in [1.807, 2.05) is 24.3 Å². The van der Waals surface area contributed by atoms with Gasteiger partial charge in [-0.15, -0.1) is 11.3 Å². The predicted octanol–water partition coefficient (Wildman–Crippen LogP) is 2.29. The zero-order valence-electron chi connectivity index (χ0n) is 15.4. The lowest BCUT2D eigenvalue weighted by Crippen LogP contribution is -2.48. The fraction of sp³-hybridized carbons (Fsp3) is 0.579. The van der Waals surface area contributed by atoms with Gasteiger partial charge in [-0.05, 0) is 18.1 Å². The predicted molar refractivity (Wildman–Crippen MR) is 103 cm³/mol. The molecule has 2 heterocycles. The Labute approximate surface area is 158 Å². The highest BCUT2D eigenvalue weighted by Gasteiger charge is 2.21. The Balaban J connectivity index is 1.35. The minimum absolute atomic E-state index is 0.0400. The van der Waals surface area contributed by atoms with Crippen molar-refractivity contribution in [2.45, 2.75) is 26.6 Å². The Bertz CT molecular complexity index is 686. The second-order valence-electron chi connectivity index (χ2n) is 7.02. The molecule has 1 saturated heterocycles. The number of hydrogen-bond acceptors (Lipinski definition) is 6. The molecule has 7 heteroatoms. The molecule has 1 aromatic heterocycles. The van der Waals surface area contributed by atoms with E-state index >= 15 is 0 Å². The Morgan fingerprint density at radius 3 is 3.12 bits per heavy atom. The molecule has 1 aromatic carbocycles. The zero-order valence-corrected chi connectivity index (χ0v) is 16.3. The first-order chi connectivity index (χ1) is 12.6. The fourth-order valence-electron chi connectivity index (χ4n) is 3.08. The van der Waals surface area contributed by atoms with Crippen LogP contribution in [0.15, 0.2) is 24.3 Å². The highest BCUT2D eigenvalue weighted by atomic mass is 32.1. The number of nitrogens with zero attached hydrogens (tertiary/aromatic N) is 2. The third-order valence-electron chi connectivity index (χ3n) is 4.17. The van der Waals surface area contributed by atoms with Crippen LogP contribution in [0.1, 0.15) is 18.9 Å². The molecule has 1 aliphatic rings. The van der Waals surface area contributed by atoms with E-state index in [4.69, 9.17) is 9.47 Å². The van der Waals surface area contributed by atoms with Gasteiger partial charge in [-0.3, -0.25) is 9.69 Å². The summed E-state index contributed by atoms with van der Waals surface area (Å²) >= 11 is 1.60. The summed E-state index contributed by atoms with van der Waals surface area (Å²) in [6, 6.07) is 7.98. The monoisotopic (exact) mass is 377 g/mol. The summed E-state index contributed by atoms with van der Waals surface area (Å²) < 4.78 is 12.4. The highest BCUT2D eigenvalue weighted by molar-refractivity contribution is 7.18. The van der Waals surface area contributed by atoms with Crippen molar-refractivity contribution in [3.05, 3.63) is 29.3 Å². The normalized spacial score (nSPS) is 18.5. The first-order valence-electron chi connectivity index (χ1n) is 9.13. The van der Waals surface area contributed by atoms with E-state index in [1.54, 1.807) is 11.3 Å². The molecule has 0 aliphatic carbocycles. The molecule has 1 atom stereocenters. The van der Waals surface area contributed by atoms with Crippen LogP contribution in [0.3, 0.4) is 0 Å². The van der Waals surface area contributed by atoms with E-state index in [2.05, 4.69) is 29.0 Å². The number of aromatic nitrogens is 1. The average Bonchev–Trinajstić information content (AvgIpc) is 3.02. The van der Waals surface area contributed by atoms with Gasteiger partial charge in [-0.1, -0.05) is 26.0 Å². The number of para-hydroxylation sites is 1. The topological polar surface area (TPSA) is 63.7 Å².